The number of thiazole rings is 1. The van der Waals surface area contributed by atoms with E-state index < -0.39 is 0 Å². The van der Waals surface area contributed by atoms with E-state index in [2.05, 4.69) is 23.3 Å². The molecule has 1 aliphatic heterocycles. The minimum Gasteiger partial charge on any atom is -0.493 e. The molecule has 1 amide bonds. The topological polar surface area (TPSA) is 51.2 Å². The molecule has 1 fully saturated rings. The van der Waals surface area contributed by atoms with Crippen molar-refractivity contribution in [3.8, 4) is 5.75 Å². The molecule has 120 valence electrons. The molecular weight excluding hydrogens is 308 g/mol. The third-order valence-electron chi connectivity index (χ3n) is 4.93. The summed E-state index contributed by atoms with van der Waals surface area (Å²) in [5.41, 5.74) is 1.22. The van der Waals surface area contributed by atoms with Gasteiger partial charge in [-0.25, -0.2) is 4.98 Å². The summed E-state index contributed by atoms with van der Waals surface area (Å²) in [6.07, 6.45) is 4.57. The van der Waals surface area contributed by atoms with Crippen molar-refractivity contribution in [3.05, 3.63) is 45.9 Å². The van der Waals surface area contributed by atoms with Gasteiger partial charge in [0.05, 0.1) is 11.6 Å². The largest absolute Gasteiger partial charge is 0.493 e. The van der Waals surface area contributed by atoms with Gasteiger partial charge in [-0.3, -0.25) is 4.79 Å². The Hall–Kier alpha value is -1.88. The van der Waals surface area contributed by atoms with Crippen LogP contribution in [0, 0.1) is 12.8 Å². The summed E-state index contributed by atoms with van der Waals surface area (Å²) >= 11 is 1.70. The minimum absolute atomic E-state index is 0.0106. The highest BCUT2D eigenvalue weighted by Gasteiger charge is 2.60. The maximum atomic E-state index is 12.5. The second-order valence-electron chi connectivity index (χ2n) is 6.41. The van der Waals surface area contributed by atoms with E-state index in [0.717, 1.165) is 30.0 Å². The number of carbonyl (C=O) groups excluding carboxylic acids is 1. The van der Waals surface area contributed by atoms with Crippen LogP contribution < -0.4 is 10.1 Å². The highest BCUT2D eigenvalue weighted by Crippen LogP contribution is 2.60. The number of amides is 1. The van der Waals surface area contributed by atoms with Crippen molar-refractivity contribution < 1.29 is 9.53 Å². The second-order valence-corrected chi connectivity index (χ2v) is 7.73. The van der Waals surface area contributed by atoms with Gasteiger partial charge < -0.3 is 10.1 Å². The molecule has 2 heterocycles. The Morgan fingerprint density at radius 2 is 2.35 bits per heavy atom. The van der Waals surface area contributed by atoms with Gasteiger partial charge in [0.1, 0.15) is 5.75 Å². The quantitative estimate of drug-likeness (QED) is 0.939. The van der Waals surface area contributed by atoms with Crippen molar-refractivity contribution in [3.63, 3.8) is 0 Å². The third kappa shape index (κ3) is 2.63. The van der Waals surface area contributed by atoms with Crippen LogP contribution in [0.3, 0.4) is 0 Å². The maximum Gasteiger partial charge on any atom is 0.224 e. The van der Waals surface area contributed by atoms with Gasteiger partial charge in [-0.2, -0.15) is 0 Å². The average molecular weight is 328 g/mol. The van der Waals surface area contributed by atoms with E-state index in [1.165, 1.54) is 10.4 Å². The number of aromatic nitrogens is 1. The molecular formula is C18H20N2O2S. The Bertz CT molecular complexity index is 742. The normalized spacial score (nSPS) is 24.8. The van der Waals surface area contributed by atoms with Crippen molar-refractivity contribution in [2.75, 3.05) is 13.2 Å². The average Bonchev–Trinajstić information content (AvgIpc) is 3.12. The summed E-state index contributed by atoms with van der Waals surface area (Å²) in [6, 6.07) is 8.15. The standard InChI is InChI=1S/C18H20N2O2S/c1-12-11-20-16(23-12)6-8-19-17(21)14-10-18(14)7-9-22-15-5-3-2-4-13(15)18/h2-5,11,14H,6-10H2,1H3,(H,19,21)/t14-,18+/m0/s1. The summed E-state index contributed by atoms with van der Waals surface area (Å²) in [5, 5.41) is 4.18. The van der Waals surface area contributed by atoms with Crippen LogP contribution in [0.2, 0.25) is 0 Å². The van der Waals surface area contributed by atoms with E-state index in [4.69, 9.17) is 4.74 Å². The summed E-state index contributed by atoms with van der Waals surface area (Å²) in [6.45, 7) is 3.42. The number of aryl methyl sites for hydroxylation is 1. The third-order valence-corrected chi connectivity index (χ3v) is 5.90. The first-order chi connectivity index (χ1) is 11.2. The van der Waals surface area contributed by atoms with Crippen LogP contribution in [0.5, 0.6) is 5.75 Å². The van der Waals surface area contributed by atoms with Crippen LogP contribution in [0.25, 0.3) is 0 Å². The number of benzene rings is 1. The van der Waals surface area contributed by atoms with Crippen molar-refractivity contribution in [2.24, 2.45) is 5.92 Å². The number of hydrogen-bond acceptors (Lipinski definition) is 4. The number of para-hydroxylation sites is 1. The molecule has 1 aromatic heterocycles. The molecule has 5 heteroatoms. The van der Waals surface area contributed by atoms with Gasteiger partial charge in [-0.05, 0) is 25.8 Å². The van der Waals surface area contributed by atoms with E-state index in [1.807, 2.05) is 24.4 Å². The summed E-state index contributed by atoms with van der Waals surface area (Å²) in [5.74, 6) is 1.22. The molecule has 1 aromatic carbocycles. The number of fused-ring (bicyclic) bond motifs is 2. The van der Waals surface area contributed by atoms with E-state index in [-0.39, 0.29) is 17.2 Å². The Morgan fingerprint density at radius 3 is 3.17 bits per heavy atom. The molecule has 0 saturated heterocycles. The zero-order valence-electron chi connectivity index (χ0n) is 13.2. The van der Waals surface area contributed by atoms with E-state index in [1.54, 1.807) is 11.3 Å². The van der Waals surface area contributed by atoms with Crippen LogP contribution in [0.15, 0.2) is 30.5 Å². The molecule has 4 rings (SSSR count). The Morgan fingerprint density at radius 1 is 1.48 bits per heavy atom. The van der Waals surface area contributed by atoms with Gasteiger partial charge in [0.15, 0.2) is 0 Å². The summed E-state index contributed by atoms with van der Waals surface area (Å²) < 4.78 is 5.73. The Balaban J connectivity index is 1.38. The monoisotopic (exact) mass is 328 g/mol. The van der Waals surface area contributed by atoms with Crippen LogP contribution in [0.1, 0.15) is 28.3 Å². The number of rotatable bonds is 4. The molecule has 1 spiro atoms. The van der Waals surface area contributed by atoms with Gasteiger partial charge in [0.2, 0.25) is 5.91 Å². The summed E-state index contributed by atoms with van der Waals surface area (Å²) in [4.78, 5) is 18.1. The summed E-state index contributed by atoms with van der Waals surface area (Å²) in [7, 11) is 0. The molecule has 0 radical (unpaired) electrons. The first-order valence-corrected chi connectivity index (χ1v) is 8.92. The van der Waals surface area contributed by atoms with Gasteiger partial charge in [-0.1, -0.05) is 18.2 Å². The molecule has 2 aromatic rings. The SMILES string of the molecule is Cc1cnc(CCNC(=O)[C@@H]2C[C@@]23CCOc2ccccc23)s1. The number of ether oxygens (including phenoxy) is 1. The lowest BCUT2D eigenvalue weighted by Gasteiger charge is -2.26. The molecule has 23 heavy (non-hydrogen) atoms. The Kier molecular flexibility index (Phi) is 3.60. The molecule has 0 unspecified atom stereocenters. The fraction of sp³-hybridized carbons (Fsp3) is 0.444. The number of nitrogens with zero attached hydrogens (tertiary/aromatic N) is 1. The second kappa shape index (κ2) is 5.64. The van der Waals surface area contributed by atoms with Crippen molar-refractivity contribution in [1.29, 1.82) is 0 Å². The molecule has 2 atom stereocenters. The predicted octanol–water partition coefficient (Wildman–Crippen LogP) is 2.85. The molecule has 4 nitrogen and oxygen atoms in total. The minimum atomic E-state index is 0.0106. The van der Waals surface area contributed by atoms with Gasteiger partial charge in [0.25, 0.3) is 0 Å². The first-order valence-electron chi connectivity index (χ1n) is 8.10. The number of nitrogens with one attached hydrogen (secondary N) is 1. The molecule has 1 saturated carbocycles. The zero-order valence-corrected chi connectivity index (χ0v) is 14.0. The highest BCUT2D eigenvalue weighted by molar-refractivity contribution is 7.11. The Labute approximate surface area is 139 Å². The predicted molar refractivity (Wildman–Crippen MR) is 89.9 cm³/mol. The fourth-order valence-corrected chi connectivity index (χ4v) is 4.42. The van der Waals surface area contributed by atoms with Crippen LogP contribution in [-0.2, 0) is 16.6 Å². The van der Waals surface area contributed by atoms with E-state index in [9.17, 15) is 4.79 Å². The first kappa shape index (κ1) is 14.7. The molecule has 2 aliphatic rings. The number of hydrogen-bond donors (Lipinski definition) is 1. The van der Waals surface area contributed by atoms with Crippen molar-refractivity contribution in [1.82, 2.24) is 10.3 Å². The van der Waals surface area contributed by atoms with Crippen LogP contribution >= 0.6 is 11.3 Å². The smallest absolute Gasteiger partial charge is 0.224 e. The van der Waals surface area contributed by atoms with Gasteiger partial charge in [-0.15, -0.1) is 11.3 Å². The van der Waals surface area contributed by atoms with Gasteiger partial charge >= 0.3 is 0 Å². The van der Waals surface area contributed by atoms with Crippen LogP contribution in [-0.4, -0.2) is 24.0 Å². The molecule has 1 N–H and O–H groups in total. The van der Waals surface area contributed by atoms with Gasteiger partial charge in [0, 0.05) is 40.9 Å². The lowest BCUT2D eigenvalue weighted by Crippen LogP contribution is -2.32. The van der Waals surface area contributed by atoms with Crippen LogP contribution in [0.4, 0.5) is 0 Å². The van der Waals surface area contributed by atoms with E-state index in [0.29, 0.717) is 13.2 Å². The molecule has 0 bridgehead atoms. The lowest BCUT2D eigenvalue weighted by atomic mass is 9.87. The highest BCUT2D eigenvalue weighted by atomic mass is 32.1. The van der Waals surface area contributed by atoms with E-state index >= 15 is 0 Å². The number of carbonyl (C=O) groups is 1. The lowest BCUT2D eigenvalue weighted by molar-refractivity contribution is -0.122. The molecule has 1 aliphatic carbocycles. The maximum absolute atomic E-state index is 12.5. The fourth-order valence-electron chi connectivity index (χ4n) is 3.64. The van der Waals surface area contributed by atoms with Crippen molar-refractivity contribution in [2.45, 2.75) is 31.6 Å². The van der Waals surface area contributed by atoms with Crippen molar-refractivity contribution >= 4 is 17.2 Å². The zero-order chi connectivity index (χ0) is 15.9.